The first-order valence-corrected chi connectivity index (χ1v) is 5.41. The summed E-state index contributed by atoms with van der Waals surface area (Å²) in [6.07, 6.45) is 4.70. The molecule has 0 aliphatic heterocycles. The van der Waals surface area contributed by atoms with Crippen LogP contribution in [0.25, 0.3) is 17.0 Å². The average Bonchev–Trinajstić information content (AvgIpc) is 3.02. The Bertz CT molecular complexity index is 617. The van der Waals surface area contributed by atoms with E-state index in [0.717, 1.165) is 17.0 Å². The molecule has 5 heteroatoms. The van der Waals surface area contributed by atoms with Gasteiger partial charge >= 0.3 is 0 Å². The van der Waals surface area contributed by atoms with Gasteiger partial charge in [0, 0.05) is 5.56 Å². The predicted octanol–water partition coefficient (Wildman–Crippen LogP) is 3.18. The standard InChI is InChI=1S/C12H8ClN3O/c13-10-4-1-3-9(11-5-2-6-17-11)12(10)16-8-14-7-15-16/h1-8H. The first kappa shape index (κ1) is 10.1. The number of aromatic nitrogens is 3. The Morgan fingerprint density at radius 1 is 1.18 bits per heavy atom. The second-order valence-electron chi connectivity index (χ2n) is 3.45. The molecule has 0 saturated heterocycles. The van der Waals surface area contributed by atoms with E-state index in [1.807, 2.05) is 30.3 Å². The van der Waals surface area contributed by atoms with E-state index < -0.39 is 0 Å². The van der Waals surface area contributed by atoms with Crippen molar-refractivity contribution in [1.82, 2.24) is 14.8 Å². The van der Waals surface area contributed by atoms with Crippen LogP contribution in [0.1, 0.15) is 0 Å². The van der Waals surface area contributed by atoms with Crippen molar-refractivity contribution < 1.29 is 4.42 Å². The highest BCUT2D eigenvalue weighted by Gasteiger charge is 2.13. The van der Waals surface area contributed by atoms with Crippen molar-refractivity contribution in [3.8, 4) is 17.0 Å². The van der Waals surface area contributed by atoms with Gasteiger partial charge in [0.25, 0.3) is 0 Å². The Balaban J connectivity index is 2.26. The van der Waals surface area contributed by atoms with Gasteiger partial charge in [0.05, 0.1) is 17.0 Å². The molecule has 1 aromatic carbocycles. The number of benzene rings is 1. The maximum Gasteiger partial charge on any atom is 0.138 e. The summed E-state index contributed by atoms with van der Waals surface area (Å²) in [7, 11) is 0. The third-order valence-corrected chi connectivity index (χ3v) is 2.73. The molecule has 3 rings (SSSR count). The van der Waals surface area contributed by atoms with Crippen molar-refractivity contribution in [3.63, 3.8) is 0 Å². The van der Waals surface area contributed by atoms with E-state index in [0.29, 0.717) is 5.02 Å². The second kappa shape index (κ2) is 4.07. The van der Waals surface area contributed by atoms with Crippen molar-refractivity contribution >= 4 is 11.6 Å². The van der Waals surface area contributed by atoms with Gasteiger partial charge in [-0.05, 0) is 24.3 Å². The summed E-state index contributed by atoms with van der Waals surface area (Å²) in [4.78, 5) is 3.92. The molecular formula is C12H8ClN3O. The van der Waals surface area contributed by atoms with Crippen molar-refractivity contribution in [3.05, 3.63) is 54.3 Å². The third kappa shape index (κ3) is 1.72. The minimum absolute atomic E-state index is 0.601. The van der Waals surface area contributed by atoms with E-state index in [-0.39, 0.29) is 0 Å². The second-order valence-corrected chi connectivity index (χ2v) is 3.86. The molecule has 0 spiro atoms. The first-order chi connectivity index (χ1) is 8.36. The van der Waals surface area contributed by atoms with Gasteiger partial charge in [-0.15, -0.1) is 0 Å². The third-order valence-electron chi connectivity index (χ3n) is 2.42. The van der Waals surface area contributed by atoms with Crippen molar-refractivity contribution in [2.45, 2.75) is 0 Å². The van der Waals surface area contributed by atoms with Crippen LogP contribution >= 0.6 is 11.6 Å². The van der Waals surface area contributed by atoms with Gasteiger partial charge in [-0.25, -0.2) is 9.67 Å². The van der Waals surface area contributed by atoms with E-state index >= 15 is 0 Å². The lowest BCUT2D eigenvalue weighted by Crippen LogP contribution is -1.98. The topological polar surface area (TPSA) is 43.9 Å². The number of rotatable bonds is 2. The number of hydrogen-bond donors (Lipinski definition) is 0. The molecule has 4 nitrogen and oxygen atoms in total. The van der Waals surface area contributed by atoms with Crippen LogP contribution in [0.15, 0.2) is 53.7 Å². The predicted molar refractivity (Wildman–Crippen MR) is 64.1 cm³/mol. The van der Waals surface area contributed by atoms with Crippen LogP contribution < -0.4 is 0 Å². The average molecular weight is 246 g/mol. The quantitative estimate of drug-likeness (QED) is 0.696. The molecule has 0 aliphatic carbocycles. The van der Waals surface area contributed by atoms with E-state index in [9.17, 15) is 0 Å². The molecule has 2 aromatic heterocycles. The molecule has 0 fully saturated rings. The lowest BCUT2D eigenvalue weighted by Gasteiger charge is -2.08. The monoisotopic (exact) mass is 245 g/mol. The molecule has 0 unspecified atom stereocenters. The number of halogens is 1. The largest absolute Gasteiger partial charge is 0.464 e. The summed E-state index contributed by atoms with van der Waals surface area (Å²) in [5, 5.41) is 4.70. The highest BCUT2D eigenvalue weighted by molar-refractivity contribution is 6.33. The SMILES string of the molecule is Clc1cccc(-c2ccco2)c1-n1cncn1. The maximum absolute atomic E-state index is 6.21. The Kier molecular flexibility index (Phi) is 2.42. The Labute approximate surface area is 102 Å². The maximum atomic E-state index is 6.21. The lowest BCUT2D eigenvalue weighted by atomic mass is 10.1. The molecule has 0 atom stereocenters. The molecular weight excluding hydrogens is 238 g/mol. The van der Waals surface area contributed by atoms with Crippen LogP contribution in [0.3, 0.4) is 0 Å². The zero-order chi connectivity index (χ0) is 11.7. The highest BCUT2D eigenvalue weighted by Crippen LogP contribution is 2.31. The normalized spacial score (nSPS) is 10.6. The fraction of sp³-hybridized carbons (Fsp3) is 0. The number of hydrogen-bond acceptors (Lipinski definition) is 3. The minimum atomic E-state index is 0.601. The molecule has 0 radical (unpaired) electrons. The first-order valence-electron chi connectivity index (χ1n) is 5.03. The van der Waals surface area contributed by atoms with Crippen LogP contribution in [-0.2, 0) is 0 Å². The van der Waals surface area contributed by atoms with Gasteiger partial charge in [0.1, 0.15) is 18.4 Å². The fourth-order valence-electron chi connectivity index (χ4n) is 1.70. The van der Waals surface area contributed by atoms with E-state index in [1.54, 1.807) is 17.3 Å². The molecule has 17 heavy (non-hydrogen) atoms. The summed E-state index contributed by atoms with van der Waals surface area (Å²) in [6, 6.07) is 9.33. The molecule has 2 heterocycles. The molecule has 84 valence electrons. The zero-order valence-corrected chi connectivity index (χ0v) is 9.50. The zero-order valence-electron chi connectivity index (χ0n) is 8.75. The van der Waals surface area contributed by atoms with Crippen LogP contribution in [0.5, 0.6) is 0 Å². The lowest BCUT2D eigenvalue weighted by molar-refractivity contribution is 0.581. The summed E-state index contributed by atoms with van der Waals surface area (Å²) in [6.45, 7) is 0. The van der Waals surface area contributed by atoms with Gasteiger partial charge in [0.15, 0.2) is 0 Å². The van der Waals surface area contributed by atoms with Crippen LogP contribution in [-0.4, -0.2) is 14.8 Å². The van der Waals surface area contributed by atoms with Crippen molar-refractivity contribution in [1.29, 1.82) is 0 Å². The minimum Gasteiger partial charge on any atom is -0.464 e. The summed E-state index contributed by atoms with van der Waals surface area (Å²) < 4.78 is 7.02. The molecule has 0 amide bonds. The summed E-state index contributed by atoms with van der Waals surface area (Å²) >= 11 is 6.21. The van der Waals surface area contributed by atoms with Gasteiger partial charge in [-0.3, -0.25) is 0 Å². The molecule has 3 aromatic rings. The van der Waals surface area contributed by atoms with E-state index in [2.05, 4.69) is 10.1 Å². The summed E-state index contributed by atoms with van der Waals surface area (Å²) in [5.74, 6) is 0.748. The van der Waals surface area contributed by atoms with Crippen molar-refractivity contribution in [2.75, 3.05) is 0 Å². The van der Waals surface area contributed by atoms with E-state index in [1.165, 1.54) is 6.33 Å². The molecule has 0 N–H and O–H groups in total. The fourth-order valence-corrected chi connectivity index (χ4v) is 1.96. The smallest absolute Gasteiger partial charge is 0.138 e. The van der Waals surface area contributed by atoms with Crippen molar-refractivity contribution in [2.24, 2.45) is 0 Å². The number of para-hydroxylation sites is 1. The Morgan fingerprint density at radius 3 is 2.82 bits per heavy atom. The van der Waals surface area contributed by atoms with E-state index in [4.69, 9.17) is 16.0 Å². The molecule has 0 aliphatic rings. The number of furan rings is 1. The van der Waals surface area contributed by atoms with Gasteiger partial charge in [0.2, 0.25) is 0 Å². The van der Waals surface area contributed by atoms with Gasteiger partial charge in [-0.1, -0.05) is 17.7 Å². The molecule has 0 bridgehead atoms. The highest BCUT2D eigenvalue weighted by atomic mass is 35.5. The molecule has 0 saturated carbocycles. The summed E-state index contributed by atoms with van der Waals surface area (Å²) in [5.41, 5.74) is 1.65. The van der Waals surface area contributed by atoms with Crippen LogP contribution in [0.4, 0.5) is 0 Å². The Hall–Kier alpha value is -2.07. The van der Waals surface area contributed by atoms with Crippen LogP contribution in [0.2, 0.25) is 5.02 Å². The Morgan fingerprint density at radius 2 is 2.12 bits per heavy atom. The van der Waals surface area contributed by atoms with Crippen LogP contribution in [0, 0.1) is 0 Å². The number of nitrogens with zero attached hydrogens (tertiary/aromatic N) is 3. The van der Waals surface area contributed by atoms with Gasteiger partial charge < -0.3 is 4.42 Å². The van der Waals surface area contributed by atoms with Gasteiger partial charge in [-0.2, -0.15) is 5.10 Å².